The van der Waals surface area contributed by atoms with Crippen LogP contribution in [0, 0.1) is 0 Å². The predicted molar refractivity (Wildman–Crippen MR) is 64.8 cm³/mol. The minimum atomic E-state index is -0.0409. The Balaban J connectivity index is 2.03. The summed E-state index contributed by atoms with van der Waals surface area (Å²) in [6.07, 6.45) is 0.775. The highest BCUT2D eigenvalue weighted by molar-refractivity contribution is 6.34. The summed E-state index contributed by atoms with van der Waals surface area (Å²) in [7, 11) is 1.65. The van der Waals surface area contributed by atoms with Crippen LogP contribution in [0.3, 0.4) is 0 Å². The van der Waals surface area contributed by atoms with Crippen LogP contribution >= 0.6 is 0 Å². The quantitative estimate of drug-likeness (QED) is 0.736. The summed E-state index contributed by atoms with van der Waals surface area (Å²) < 4.78 is 11.4. The van der Waals surface area contributed by atoms with Crippen LogP contribution in [0.1, 0.15) is 5.56 Å². The van der Waals surface area contributed by atoms with Gasteiger partial charge in [0.25, 0.3) is 0 Å². The minimum absolute atomic E-state index is 0.0409. The topological polar surface area (TPSA) is 47.6 Å². The smallest absolute Gasteiger partial charge is 0.246 e. The normalized spacial score (nSPS) is 19.8. The van der Waals surface area contributed by atoms with Crippen molar-refractivity contribution in [2.24, 2.45) is 0 Å². The molecular weight excluding hydrogens is 233 g/mol. The lowest BCUT2D eigenvalue weighted by Crippen LogP contribution is -2.46. The highest BCUT2D eigenvalue weighted by Gasteiger charge is 2.18. The first-order valence-electron chi connectivity index (χ1n) is 5.48. The van der Waals surface area contributed by atoms with E-state index in [1.165, 1.54) is 0 Å². The second-order valence-corrected chi connectivity index (χ2v) is 4.68. The van der Waals surface area contributed by atoms with Crippen molar-refractivity contribution in [3.63, 3.8) is 0 Å². The predicted octanol–water partition coefficient (Wildman–Crippen LogP) is -0.453. The number of rotatable bonds is 3. The molecule has 2 rings (SSSR count). The van der Waals surface area contributed by atoms with Crippen molar-refractivity contribution in [1.82, 2.24) is 5.32 Å². The first-order valence-corrected chi connectivity index (χ1v) is 6.06. The largest absolute Gasteiger partial charge is 0.498 e. The third kappa shape index (κ3) is 3.22. The van der Waals surface area contributed by atoms with E-state index in [-0.39, 0.29) is 18.6 Å². The highest BCUT2D eigenvalue weighted by atomic mass is 27.0. The number of ether oxygens (including phenoxy) is 2. The minimum Gasteiger partial charge on any atom is -0.498 e. The number of carbonyl (C=O) groups is 1. The molecule has 1 aromatic carbocycles. The molecule has 1 amide bonds. The van der Waals surface area contributed by atoms with Crippen molar-refractivity contribution in [1.29, 1.82) is 0 Å². The second-order valence-electron chi connectivity index (χ2n) is 4.06. The van der Waals surface area contributed by atoms with E-state index in [0.717, 1.165) is 22.2 Å². The fourth-order valence-corrected chi connectivity index (χ4v) is 2.34. The van der Waals surface area contributed by atoms with E-state index in [0.29, 0.717) is 6.61 Å². The van der Waals surface area contributed by atoms with Crippen LogP contribution in [0.4, 0.5) is 0 Å². The summed E-state index contributed by atoms with van der Waals surface area (Å²) in [5, 5.41) is 2.91. The molecule has 17 heavy (non-hydrogen) atoms. The van der Waals surface area contributed by atoms with Gasteiger partial charge >= 0.3 is 0 Å². The molecule has 1 heterocycles. The molecule has 88 valence electrons. The maximum absolute atomic E-state index is 11.2. The number of nitrogens with one attached hydrogen (secondary N) is 1. The van der Waals surface area contributed by atoms with Gasteiger partial charge in [0.1, 0.15) is 12.4 Å². The Morgan fingerprint density at radius 3 is 3.06 bits per heavy atom. The van der Waals surface area contributed by atoms with E-state index in [1.807, 2.05) is 18.2 Å². The summed E-state index contributed by atoms with van der Waals surface area (Å²) in [5.41, 5.74) is 1.16. The van der Waals surface area contributed by atoms with Gasteiger partial charge in [-0.25, -0.2) is 0 Å². The zero-order chi connectivity index (χ0) is 12.3. The Morgan fingerprint density at radius 2 is 2.41 bits per heavy atom. The molecule has 1 unspecified atom stereocenters. The monoisotopic (exact) mass is 247 g/mol. The molecular formula is C12H14AlNO3. The second kappa shape index (κ2) is 5.55. The molecule has 0 aromatic heterocycles. The van der Waals surface area contributed by atoms with Crippen LogP contribution in [-0.4, -0.2) is 48.6 Å². The molecule has 1 saturated heterocycles. The van der Waals surface area contributed by atoms with E-state index >= 15 is 0 Å². The maximum Gasteiger partial charge on any atom is 0.246 e. The SMILES string of the molecule is COc1ccc(CC2COCC(=O)N2)c[c]1[Al]. The number of methoxy groups -OCH3 is 1. The van der Waals surface area contributed by atoms with Crippen LogP contribution < -0.4 is 14.5 Å². The Bertz CT molecular complexity index is 422. The lowest BCUT2D eigenvalue weighted by atomic mass is 10.1. The maximum atomic E-state index is 11.2. The lowest BCUT2D eigenvalue weighted by Gasteiger charge is -2.23. The average molecular weight is 247 g/mol. The summed E-state index contributed by atoms with van der Waals surface area (Å²) in [6.45, 7) is 0.748. The van der Waals surface area contributed by atoms with Crippen LogP contribution in [-0.2, 0) is 16.0 Å². The molecule has 1 fully saturated rings. The standard InChI is InChI=1S/C12H14NO3.Al/c1-15-11-4-2-9(3-5-11)6-10-7-16-8-12(14)13-10;/h2-4,10H,6-8H2,1H3,(H,13,14);. The lowest BCUT2D eigenvalue weighted by molar-refractivity contribution is -0.131. The van der Waals surface area contributed by atoms with E-state index in [1.54, 1.807) is 7.11 Å². The first-order chi connectivity index (χ1) is 8.19. The molecule has 4 nitrogen and oxygen atoms in total. The van der Waals surface area contributed by atoms with E-state index in [2.05, 4.69) is 21.6 Å². The van der Waals surface area contributed by atoms with Crippen LogP contribution in [0.5, 0.6) is 5.75 Å². The molecule has 0 aliphatic carbocycles. The fourth-order valence-electron chi connectivity index (χ4n) is 1.91. The van der Waals surface area contributed by atoms with Gasteiger partial charge in [-0.2, -0.15) is 0 Å². The third-order valence-corrected chi connectivity index (χ3v) is 3.14. The molecule has 5 heteroatoms. The molecule has 0 spiro atoms. The Kier molecular flexibility index (Phi) is 4.06. The van der Waals surface area contributed by atoms with E-state index in [4.69, 9.17) is 9.47 Å². The summed E-state index contributed by atoms with van der Waals surface area (Å²) >= 11 is 2.65. The van der Waals surface area contributed by atoms with Gasteiger partial charge in [-0.3, -0.25) is 4.79 Å². The molecule has 1 N–H and O–H groups in total. The molecule has 1 aliphatic heterocycles. The molecule has 1 aliphatic rings. The van der Waals surface area contributed by atoms with Crippen LogP contribution in [0.2, 0.25) is 0 Å². The number of hydrogen-bond acceptors (Lipinski definition) is 3. The van der Waals surface area contributed by atoms with Gasteiger partial charge in [0.05, 0.1) is 19.8 Å². The molecule has 1 atom stereocenters. The van der Waals surface area contributed by atoms with Gasteiger partial charge in [-0.05, 0) is 18.1 Å². The van der Waals surface area contributed by atoms with E-state index in [9.17, 15) is 4.79 Å². The Labute approximate surface area is 109 Å². The van der Waals surface area contributed by atoms with Crippen LogP contribution in [0.15, 0.2) is 18.2 Å². The van der Waals surface area contributed by atoms with Crippen molar-refractivity contribution in [3.8, 4) is 5.75 Å². The summed E-state index contributed by atoms with van der Waals surface area (Å²) in [6, 6.07) is 6.05. The molecule has 0 saturated carbocycles. The summed E-state index contributed by atoms with van der Waals surface area (Å²) in [4.78, 5) is 11.2. The van der Waals surface area contributed by atoms with E-state index < -0.39 is 0 Å². The van der Waals surface area contributed by atoms with Gasteiger partial charge in [0, 0.05) is 0 Å². The number of benzene rings is 1. The number of hydrogen-bond donors (Lipinski definition) is 1. The van der Waals surface area contributed by atoms with Crippen molar-refractivity contribution in [2.45, 2.75) is 12.5 Å². The average Bonchev–Trinajstić information content (AvgIpc) is 2.29. The van der Waals surface area contributed by atoms with Gasteiger partial charge < -0.3 is 14.8 Å². The van der Waals surface area contributed by atoms with Crippen molar-refractivity contribution < 1.29 is 14.3 Å². The fraction of sp³-hybridized carbons (Fsp3) is 0.417. The van der Waals surface area contributed by atoms with Crippen molar-refractivity contribution in [2.75, 3.05) is 20.3 Å². The van der Waals surface area contributed by atoms with Gasteiger partial charge in [0.2, 0.25) is 5.91 Å². The summed E-state index contributed by atoms with van der Waals surface area (Å²) in [5.74, 6) is 0.809. The molecule has 1 aromatic rings. The number of carbonyl (C=O) groups excluding carboxylic acids is 1. The number of amides is 1. The van der Waals surface area contributed by atoms with Crippen molar-refractivity contribution in [3.05, 3.63) is 23.8 Å². The van der Waals surface area contributed by atoms with Gasteiger partial charge in [-0.15, -0.1) is 0 Å². The Hall–Kier alpha value is -1.02. The third-order valence-electron chi connectivity index (χ3n) is 2.69. The van der Waals surface area contributed by atoms with Gasteiger partial charge in [0.15, 0.2) is 16.3 Å². The molecule has 2 radical (unpaired) electrons. The van der Waals surface area contributed by atoms with Gasteiger partial charge in [-0.1, -0.05) is 16.6 Å². The molecule has 0 bridgehead atoms. The zero-order valence-corrected chi connectivity index (χ0v) is 10.9. The van der Waals surface area contributed by atoms with Crippen molar-refractivity contribution >= 4 is 26.6 Å². The Morgan fingerprint density at radius 1 is 1.59 bits per heavy atom. The first kappa shape index (κ1) is 12.4. The van der Waals surface area contributed by atoms with Crippen LogP contribution in [0.25, 0.3) is 0 Å². The zero-order valence-electron chi connectivity index (χ0n) is 9.73. The number of morpholine rings is 1. The highest BCUT2D eigenvalue weighted by Crippen LogP contribution is 2.11.